The van der Waals surface area contributed by atoms with E-state index in [0.29, 0.717) is 57.6 Å². The molecule has 4 aliphatic rings. The van der Waals surface area contributed by atoms with Gasteiger partial charge in [-0.25, -0.2) is 13.4 Å². The van der Waals surface area contributed by atoms with Crippen LogP contribution < -0.4 is 36.6 Å². The number of aromatic nitrogens is 1. The first-order valence-corrected chi connectivity index (χ1v) is 28.8. The number of hydrogen-bond donors (Lipinski definition) is 9. The molecular formula is C55H75N9O16S. The average molecular weight is 1150 g/mol. The van der Waals surface area contributed by atoms with Crippen molar-refractivity contribution >= 4 is 50.9 Å². The van der Waals surface area contributed by atoms with Gasteiger partial charge in [0.15, 0.2) is 26.9 Å². The normalized spacial score (nSPS) is 19.7. The number of nitrogens with one attached hydrogen (secondary N) is 6. The van der Waals surface area contributed by atoms with Gasteiger partial charge in [0.1, 0.15) is 35.1 Å². The Labute approximate surface area is 471 Å². The summed E-state index contributed by atoms with van der Waals surface area (Å²) in [4.78, 5) is 95.3. The molecule has 6 atom stereocenters. The number of ether oxygens (including phenoxy) is 4. The first kappa shape index (κ1) is 64.7. The Kier molecular flexibility index (Phi) is 24.5. The van der Waals surface area contributed by atoms with Crippen molar-refractivity contribution in [2.24, 2.45) is 5.92 Å². The number of sulfone groups is 1. The lowest BCUT2D eigenvalue weighted by molar-refractivity contribution is -0.190. The number of fused-ring (bicyclic) bond motifs is 3. The fourth-order valence-electron chi connectivity index (χ4n) is 9.68. The van der Waals surface area contributed by atoms with Crippen LogP contribution >= 0.6 is 0 Å². The van der Waals surface area contributed by atoms with E-state index in [1.54, 1.807) is 25.3 Å². The van der Waals surface area contributed by atoms with Crippen molar-refractivity contribution in [3.05, 3.63) is 75.0 Å². The Morgan fingerprint density at radius 3 is 2.23 bits per heavy atom. The van der Waals surface area contributed by atoms with Gasteiger partial charge in [-0.1, -0.05) is 26.0 Å². The van der Waals surface area contributed by atoms with Crippen LogP contribution in [-0.2, 0) is 56.1 Å². The highest BCUT2D eigenvalue weighted by molar-refractivity contribution is 7.90. The molecule has 81 heavy (non-hydrogen) atoms. The lowest BCUT2D eigenvalue weighted by Gasteiger charge is -2.43. The van der Waals surface area contributed by atoms with Crippen LogP contribution in [0.2, 0.25) is 0 Å². The van der Waals surface area contributed by atoms with Crippen molar-refractivity contribution < 1.29 is 76.2 Å². The van der Waals surface area contributed by atoms with E-state index in [0.717, 1.165) is 38.4 Å². The van der Waals surface area contributed by atoms with E-state index < -0.39 is 80.4 Å². The number of hydrogen-bond acceptors (Lipinski definition) is 20. The predicted molar refractivity (Wildman–Crippen MR) is 292 cm³/mol. The number of nitriles is 1. The third kappa shape index (κ3) is 16.7. The van der Waals surface area contributed by atoms with Crippen LogP contribution in [0.4, 0.5) is 0 Å². The van der Waals surface area contributed by atoms with Gasteiger partial charge in [-0.05, 0) is 83.7 Å². The second-order valence-electron chi connectivity index (χ2n) is 19.4. The van der Waals surface area contributed by atoms with Crippen LogP contribution in [0.5, 0.6) is 17.2 Å². The van der Waals surface area contributed by atoms with Crippen molar-refractivity contribution in [3.63, 3.8) is 0 Å². The molecule has 2 aliphatic heterocycles. The van der Waals surface area contributed by atoms with Crippen molar-refractivity contribution in [2.75, 3.05) is 86.0 Å². The second kappa shape index (κ2) is 30.6. The summed E-state index contributed by atoms with van der Waals surface area (Å²) >= 11 is 0. The third-order valence-electron chi connectivity index (χ3n) is 13.9. The molecule has 0 saturated carbocycles. The summed E-state index contributed by atoms with van der Waals surface area (Å²) in [5.41, 5.74) is -0.314. The fraction of sp³-hybridized carbons (Fsp3) is 0.545. The standard InChI is InChI=1S/C42H48N8O12S.C11H21NO4.C2H6/c1-22(49-31(52)21-48-30(51)13-18-47-41(59)28-12-10-24(20-43)42(50-28)63(3,60)61)39(57)45-16-5-14-44-15-6-17-46-40(58)23-9-11-25-27(19-23)37(55)33-34(35(25)53)38(56)32-26(36(33)54)7-4-8-29(32)62-2;1-8-11(13)9(3-5-15-8)12-4-6-16-10(7-12)14-2;1-2/h4,7-8,10,12,22-23,44,53,55H,5-6,9,11,13-19,21H2,1-3H3,(H,45,57)(H,46,58)(H,47,59)(H,48,51)(H,49,52);8-11,13H,3-7H2,1-2H3;1-2H3. The maximum absolute atomic E-state index is 13.5. The molecule has 7 rings (SSSR count). The summed E-state index contributed by atoms with van der Waals surface area (Å²) in [7, 11) is -0.851. The lowest BCUT2D eigenvalue weighted by atomic mass is 9.75. The van der Waals surface area contributed by atoms with Gasteiger partial charge in [0.25, 0.3) is 5.91 Å². The smallest absolute Gasteiger partial charge is 0.269 e. The summed E-state index contributed by atoms with van der Waals surface area (Å²) in [6, 6.07) is 7.87. The van der Waals surface area contributed by atoms with E-state index in [1.807, 2.05) is 20.8 Å². The molecule has 9 N–H and O–H groups in total. The number of methoxy groups -OCH3 is 2. The number of amides is 5. The molecule has 3 aromatic rings. The third-order valence-corrected chi connectivity index (χ3v) is 15.0. The lowest BCUT2D eigenvalue weighted by Crippen LogP contribution is -2.57. The van der Waals surface area contributed by atoms with Crippen LogP contribution in [0, 0.1) is 17.2 Å². The van der Waals surface area contributed by atoms with Crippen LogP contribution in [0.15, 0.2) is 35.4 Å². The first-order chi connectivity index (χ1) is 38.7. The number of pyridine rings is 1. The van der Waals surface area contributed by atoms with Crippen LogP contribution in [0.25, 0.3) is 0 Å². The van der Waals surface area contributed by atoms with E-state index >= 15 is 0 Å². The highest BCUT2D eigenvalue weighted by Crippen LogP contribution is 2.47. The van der Waals surface area contributed by atoms with Crippen LogP contribution in [0.3, 0.4) is 0 Å². The van der Waals surface area contributed by atoms with Gasteiger partial charge in [-0.15, -0.1) is 0 Å². The molecule has 2 saturated heterocycles. The van der Waals surface area contributed by atoms with E-state index in [2.05, 4.69) is 41.8 Å². The SMILES string of the molecule is CC.COC1CN(C2CCOC(C)C2O)CCO1.COc1cccc2c1C(=O)c1c(O)c3c(c(O)c1C2=O)CC(C(=O)NCCCNCCCNC(=O)C(C)NC(=O)CNC(=O)CCNC(=O)c1ccc(C#N)c(S(C)(=O)=O)n1)CC3. The number of phenols is 2. The molecule has 2 aliphatic carbocycles. The molecule has 2 aromatic carbocycles. The van der Waals surface area contributed by atoms with Gasteiger partial charge in [0.05, 0.1) is 54.7 Å². The molecule has 0 bridgehead atoms. The number of nitrogens with zero attached hydrogens (tertiary/aromatic N) is 3. The average Bonchev–Trinajstić information content (AvgIpc) is 3.64. The summed E-state index contributed by atoms with van der Waals surface area (Å²) < 4.78 is 45.1. The molecule has 3 heterocycles. The van der Waals surface area contributed by atoms with E-state index in [9.17, 15) is 57.3 Å². The zero-order valence-corrected chi connectivity index (χ0v) is 47.6. The van der Waals surface area contributed by atoms with Crippen molar-refractivity contribution in [1.82, 2.24) is 41.8 Å². The van der Waals surface area contributed by atoms with E-state index in [1.165, 1.54) is 26.2 Å². The number of benzene rings is 2. The summed E-state index contributed by atoms with van der Waals surface area (Å²) in [5, 5.41) is 57.2. The predicted octanol–water partition coefficient (Wildman–Crippen LogP) is 0.556. The van der Waals surface area contributed by atoms with Gasteiger partial charge in [0, 0.05) is 87.8 Å². The van der Waals surface area contributed by atoms with E-state index in [4.69, 9.17) is 24.2 Å². The Hall–Kier alpha value is -7.12. The second-order valence-corrected chi connectivity index (χ2v) is 21.3. The van der Waals surface area contributed by atoms with Crippen molar-refractivity contribution in [2.45, 2.75) is 108 Å². The minimum atomic E-state index is -3.87. The van der Waals surface area contributed by atoms with Gasteiger partial charge >= 0.3 is 0 Å². The number of morpholine rings is 1. The molecule has 26 heteroatoms. The first-order valence-electron chi connectivity index (χ1n) is 27.0. The Balaban J connectivity index is 0.000000566. The molecule has 1 aromatic heterocycles. The number of carbonyl (C=O) groups is 7. The molecule has 25 nitrogen and oxygen atoms in total. The topological polar surface area (TPSA) is 363 Å². The highest BCUT2D eigenvalue weighted by atomic mass is 32.2. The zero-order valence-electron chi connectivity index (χ0n) is 46.8. The van der Waals surface area contributed by atoms with Crippen molar-refractivity contribution in [3.8, 4) is 23.3 Å². The Bertz CT molecular complexity index is 2930. The Morgan fingerprint density at radius 1 is 0.864 bits per heavy atom. The number of aliphatic hydroxyl groups excluding tert-OH is 1. The van der Waals surface area contributed by atoms with Crippen LogP contribution in [0.1, 0.15) is 119 Å². The Morgan fingerprint density at radius 2 is 1.56 bits per heavy atom. The summed E-state index contributed by atoms with van der Waals surface area (Å²) in [6.45, 7) is 11.6. The van der Waals surface area contributed by atoms with Crippen molar-refractivity contribution in [1.29, 1.82) is 5.26 Å². The minimum Gasteiger partial charge on any atom is -0.507 e. The molecule has 0 radical (unpaired) electrons. The van der Waals surface area contributed by atoms with Gasteiger partial charge in [-0.3, -0.25) is 38.5 Å². The molecular weight excluding hydrogens is 1070 g/mol. The number of rotatable bonds is 21. The summed E-state index contributed by atoms with van der Waals surface area (Å²) in [5.74, 6) is -4.99. The van der Waals surface area contributed by atoms with Gasteiger partial charge in [-0.2, -0.15) is 5.26 Å². The maximum atomic E-state index is 13.5. The largest absolute Gasteiger partial charge is 0.507 e. The van der Waals surface area contributed by atoms with Gasteiger partial charge < -0.3 is 66.2 Å². The van der Waals surface area contributed by atoms with Crippen LogP contribution in [-0.4, -0.2) is 191 Å². The number of aliphatic hydroxyl groups is 1. The number of phenolic OH excluding ortho intramolecular Hbond substituents is 2. The molecule has 442 valence electrons. The van der Waals surface area contributed by atoms with E-state index in [-0.39, 0.29) is 101 Å². The molecule has 0 spiro atoms. The summed E-state index contributed by atoms with van der Waals surface area (Å²) in [6.07, 6.45) is 2.68. The quantitative estimate of drug-likeness (QED) is 0.0406. The number of aromatic hydroxyl groups is 2. The van der Waals surface area contributed by atoms with Gasteiger partial charge in [0.2, 0.25) is 29.4 Å². The maximum Gasteiger partial charge on any atom is 0.269 e. The highest BCUT2D eigenvalue weighted by Gasteiger charge is 2.41. The molecule has 6 unspecified atom stereocenters. The monoisotopic (exact) mass is 1150 g/mol. The zero-order chi connectivity index (χ0) is 59.6. The fourth-order valence-corrected chi connectivity index (χ4v) is 10.5. The number of ketones is 2. The minimum absolute atomic E-state index is 0.0253. The molecule has 5 amide bonds. The molecule has 2 fully saturated rings. The number of carbonyl (C=O) groups excluding carboxylic acids is 7.